The molecule has 1 unspecified atom stereocenters. The van der Waals surface area contributed by atoms with E-state index in [2.05, 4.69) is 4.72 Å². The fraction of sp³-hybridized carbons (Fsp3) is 0.533. The number of benzene rings is 1. The van der Waals surface area contributed by atoms with E-state index in [-0.39, 0.29) is 21.9 Å². The molecule has 1 heterocycles. The number of hydrogen-bond acceptors (Lipinski definition) is 4. The second-order valence-electron chi connectivity index (χ2n) is 5.77. The Balaban J connectivity index is 2.44. The summed E-state index contributed by atoms with van der Waals surface area (Å²) < 4.78 is 29.8. The molecule has 1 atom stereocenters. The van der Waals surface area contributed by atoms with E-state index in [0.717, 1.165) is 29.7 Å². The van der Waals surface area contributed by atoms with E-state index in [1.165, 1.54) is 0 Å². The molecule has 0 aliphatic carbocycles. The minimum absolute atomic E-state index is 0.0476. The molecule has 2 rings (SSSR count). The number of aromatic nitrogens is 1. The number of rotatable bonds is 6. The first-order valence-electron chi connectivity index (χ1n) is 7.43. The van der Waals surface area contributed by atoms with Crippen molar-refractivity contribution in [2.24, 2.45) is 0 Å². The Bertz CT molecular complexity index is 819. The van der Waals surface area contributed by atoms with E-state index in [9.17, 15) is 13.2 Å². The van der Waals surface area contributed by atoms with Gasteiger partial charge in [-0.2, -0.15) is 0 Å². The van der Waals surface area contributed by atoms with Crippen molar-refractivity contribution in [3.8, 4) is 0 Å². The van der Waals surface area contributed by atoms with Crippen LogP contribution in [0.25, 0.3) is 10.2 Å². The van der Waals surface area contributed by atoms with Crippen LogP contribution in [0.4, 0.5) is 0 Å². The minimum Gasteiger partial charge on any atom is -0.296 e. The van der Waals surface area contributed by atoms with Crippen LogP contribution in [0, 0.1) is 0 Å². The van der Waals surface area contributed by atoms with Crippen molar-refractivity contribution in [2.75, 3.05) is 0 Å². The lowest BCUT2D eigenvalue weighted by molar-refractivity contribution is 0.544. The summed E-state index contributed by atoms with van der Waals surface area (Å²) in [5.74, 6) is 0. The predicted molar refractivity (Wildman–Crippen MR) is 91.2 cm³/mol. The van der Waals surface area contributed by atoms with Gasteiger partial charge in [-0.15, -0.1) is 0 Å². The molecule has 1 N–H and O–H groups in total. The van der Waals surface area contributed by atoms with E-state index < -0.39 is 10.0 Å². The van der Waals surface area contributed by atoms with E-state index in [4.69, 9.17) is 0 Å². The highest BCUT2D eigenvalue weighted by Crippen LogP contribution is 2.24. The maximum Gasteiger partial charge on any atom is 0.308 e. The van der Waals surface area contributed by atoms with E-state index in [1.54, 1.807) is 22.8 Å². The van der Waals surface area contributed by atoms with Crippen LogP contribution < -0.4 is 9.60 Å². The summed E-state index contributed by atoms with van der Waals surface area (Å²) in [7, 11) is -3.55. The van der Waals surface area contributed by atoms with Gasteiger partial charge < -0.3 is 0 Å². The molecule has 0 amide bonds. The molecule has 0 saturated carbocycles. The molecular formula is C15H22N2O3S2. The molecule has 0 aliphatic rings. The topological polar surface area (TPSA) is 68.2 Å². The summed E-state index contributed by atoms with van der Waals surface area (Å²) in [6, 6.07) is 4.80. The summed E-state index contributed by atoms with van der Waals surface area (Å²) in [5.41, 5.74) is 0.783. The van der Waals surface area contributed by atoms with Gasteiger partial charge >= 0.3 is 4.87 Å². The predicted octanol–water partition coefficient (Wildman–Crippen LogP) is 3.11. The van der Waals surface area contributed by atoms with Crippen molar-refractivity contribution in [1.82, 2.24) is 9.29 Å². The molecule has 2 aromatic rings. The molecule has 22 heavy (non-hydrogen) atoms. The monoisotopic (exact) mass is 342 g/mol. The zero-order valence-electron chi connectivity index (χ0n) is 13.3. The second-order valence-corrected chi connectivity index (χ2v) is 8.48. The van der Waals surface area contributed by atoms with Crippen LogP contribution in [0.1, 0.15) is 46.6 Å². The summed E-state index contributed by atoms with van der Waals surface area (Å²) in [5, 5.41) is 0. The van der Waals surface area contributed by atoms with Crippen molar-refractivity contribution in [1.29, 1.82) is 0 Å². The lowest BCUT2D eigenvalue weighted by Gasteiger charge is -2.13. The standard InChI is InChI=1S/C15H22N2O3S2/c1-5-6-11(4)16-22(19,20)12-7-8-13-14(9-12)21-15(18)17(13)10(2)3/h7-11,16H,5-6H2,1-4H3. The molecule has 0 bridgehead atoms. The van der Waals surface area contributed by atoms with Crippen molar-refractivity contribution < 1.29 is 8.42 Å². The Hall–Kier alpha value is -1.18. The summed E-state index contributed by atoms with van der Waals surface area (Å²) in [6.45, 7) is 7.74. The van der Waals surface area contributed by atoms with Crippen molar-refractivity contribution >= 4 is 31.6 Å². The summed E-state index contributed by atoms with van der Waals surface area (Å²) >= 11 is 1.08. The highest BCUT2D eigenvalue weighted by atomic mass is 32.2. The number of fused-ring (bicyclic) bond motifs is 1. The van der Waals surface area contributed by atoms with Crippen LogP contribution in [0.2, 0.25) is 0 Å². The molecule has 122 valence electrons. The zero-order chi connectivity index (χ0) is 16.5. The maximum atomic E-state index is 12.4. The first kappa shape index (κ1) is 17.2. The quantitative estimate of drug-likeness (QED) is 0.877. The average Bonchev–Trinajstić information content (AvgIpc) is 2.72. The third-order valence-corrected chi connectivity index (χ3v) is 5.99. The van der Waals surface area contributed by atoms with Gasteiger partial charge in [0.1, 0.15) is 0 Å². The van der Waals surface area contributed by atoms with Gasteiger partial charge in [0.15, 0.2) is 0 Å². The first-order chi connectivity index (χ1) is 10.3. The van der Waals surface area contributed by atoms with Crippen molar-refractivity contribution in [2.45, 2.75) is 57.5 Å². The van der Waals surface area contributed by atoms with Gasteiger partial charge in [-0.25, -0.2) is 13.1 Å². The highest BCUT2D eigenvalue weighted by molar-refractivity contribution is 7.89. The molecule has 1 aromatic heterocycles. The largest absolute Gasteiger partial charge is 0.308 e. The molecule has 0 radical (unpaired) electrons. The molecule has 0 saturated heterocycles. The van der Waals surface area contributed by atoms with E-state index >= 15 is 0 Å². The van der Waals surface area contributed by atoms with Gasteiger partial charge in [0, 0.05) is 12.1 Å². The number of hydrogen-bond donors (Lipinski definition) is 1. The number of thiazole rings is 1. The van der Waals surface area contributed by atoms with Crippen LogP contribution in [0.3, 0.4) is 0 Å². The third kappa shape index (κ3) is 3.42. The number of nitrogens with one attached hydrogen (secondary N) is 1. The van der Waals surface area contributed by atoms with Crippen molar-refractivity contribution in [3.05, 3.63) is 27.9 Å². The van der Waals surface area contributed by atoms with Crippen LogP contribution in [0.15, 0.2) is 27.9 Å². The smallest absolute Gasteiger partial charge is 0.296 e. The van der Waals surface area contributed by atoms with Gasteiger partial charge in [0.05, 0.1) is 15.1 Å². The average molecular weight is 342 g/mol. The van der Waals surface area contributed by atoms with Crippen LogP contribution in [-0.4, -0.2) is 19.0 Å². The maximum absolute atomic E-state index is 12.4. The Kier molecular flexibility index (Phi) is 5.09. The molecule has 0 fully saturated rings. The Morgan fingerprint density at radius 2 is 1.95 bits per heavy atom. The fourth-order valence-electron chi connectivity index (χ4n) is 2.50. The molecule has 1 aromatic carbocycles. The molecule has 0 spiro atoms. The van der Waals surface area contributed by atoms with Gasteiger partial charge in [-0.3, -0.25) is 9.36 Å². The molecule has 7 heteroatoms. The minimum atomic E-state index is -3.55. The Morgan fingerprint density at radius 3 is 2.55 bits per heavy atom. The molecular weight excluding hydrogens is 320 g/mol. The number of sulfonamides is 1. The zero-order valence-corrected chi connectivity index (χ0v) is 14.9. The van der Waals surface area contributed by atoms with E-state index in [0.29, 0.717) is 4.70 Å². The van der Waals surface area contributed by atoms with Gasteiger partial charge in [-0.05, 0) is 45.4 Å². The Labute approximate surface area is 135 Å². The van der Waals surface area contributed by atoms with E-state index in [1.807, 2.05) is 27.7 Å². The number of nitrogens with zero attached hydrogens (tertiary/aromatic N) is 1. The highest BCUT2D eigenvalue weighted by Gasteiger charge is 2.19. The van der Waals surface area contributed by atoms with Gasteiger partial charge in [-0.1, -0.05) is 24.7 Å². The Morgan fingerprint density at radius 1 is 1.27 bits per heavy atom. The lowest BCUT2D eigenvalue weighted by atomic mass is 10.2. The van der Waals surface area contributed by atoms with Crippen LogP contribution in [-0.2, 0) is 10.0 Å². The fourth-order valence-corrected chi connectivity index (χ4v) is 4.93. The lowest BCUT2D eigenvalue weighted by Crippen LogP contribution is -2.32. The van der Waals surface area contributed by atoms with Gasteiger partial charge in [0.2, 0.25) is 10.0 Å². The third-order valence-electron chi connectivity index (χ3n) is 3.49. The van der Waals surface area contributed by atoms with Crippen LogP contribution >= 0.6 is 11.3 Å². The second kappa shape index (κ2) is 6.52. The normalized spacial score (nSPS) is 13.9. The molecule has 5 nitrogen and oxygen atoms in total. The first-order valence-corrected chi connectivity index (χ1v) is 9.73. The summed E-state index contributed by atoms with van der Waals surface area (Å²) in [4.78, 5) is 12.2. The van der Waals surface area contributed by atoms with Crippen molar-refractivity contribution in [3.63, 3.8) is 0 Å². The molecule has 0 aliphatic heterocycles. The SMILES string of the molecule is CCCC(C)NS(=O)(=O)c1ccc2c(c1)sc(=O)n2C(C)C. The van der Waals surface area contributed by atoms with Crippen LogP contribution in [0.5, 0.6) is 0 Å². The van der Waals surface area contributed by atoms with Gasteiger partial charge in [0.25, 0.3) is 0 Å². The summed E-state index contributed by atoms with van der Waals surface area (Å²) in [6.07, 6.45) is 1.71.